The van der Waals surface area contributed by atoms with Crippen molar-refractivity contribution >= 4 is 21.4 Å². The molecule has 1 aliphatic heterocycles. The number of nitrogens with zero attached hydrogens (tertiary/aromatic N) is 1. The highest BCUT2D eigenvalue weighted by Gasteiger charge is 2.24. The van der Waals surface area contributed by atoms with Crippen LogP contribution in [-0.2, 0) is 6.54 Å². The Morgan fingerprint density at radius 3 is 2.95 bits per heavy atom. The van der Waals surface area contributed by atoms with Crippen molar-refractivity contribution in [3.05, 3.63) is 65.0 Å². The van der Waals surface area contributed by atoms with Gasteiger partial charge in [-0.15, -0.1) is 11.3 Å². The van der Waals surface area contributed by atoms with E-state index in [1.807, 2.05) is 23.5 Å². The van der Waals surface area contributed by atoms with Crippen molar-refractivity contribution in [2.24, 2.45) is 0 Å². The number of phenols is 1. The molecular formula is C19H19NOS. The Bertz CT molecular complexity index is 795. The van der Waals surface area contributed by atoms with Gasteiger partial charge in [0.2, 0.25) is 0 Å². The molecular weight excluding hydrogens is 290 g/mol. The second kappa shape index (κ2) is 5.75. The molecule has 1 atom stereocenters. The Balaban J connectivity index is 1.49. The van der Waals surface area contributed by atoms with Crippen LogP contribution >= 0.6 is 11.3 Å². The number of phenolic OH excluding ortho intramolecular Hbond substituents is 1. The quantitative estimate of drug-likeness (QED) is 0.764. The van der Waals surface area contributed by atoms with Crippen LogP contribution in [-0.4, -0.2) is 23.1 Å². The molecule has 3 heteroatoms. The zero-order chi connectivity index (χ0) is 14.9. The number of likely N-dealkylation sites (tertiary alicyclic amines) is 1. The van der Waals surface area contributed by atoms with Gasteiger partial charge in [-0.05, 0) is 59.0 Å². The molecule has 0 radical (unpaired) electrons. The molecule has 1 fully saturated rings. The van der Waals surface area contributed by atoms with Crippen molar-refractivity contribution in [1.82, 2.24) is 4.90 Å². The Labute approximate surface area is 134 Å². The van der Waals surface area contributed by atoms with Gasteiger partial charge >= 0.3 is 0 Å². The third kappa shape index (κ3) is 2.62. The monoisotopic (exact) mass is 309 g/mol. The molecule has 1 aliphatic rings. The van der Waals surface area contributed by atoms with Gasteiger partial charge < -0.3 is 5.11 Å². The minimum atomic E-state index is 0.375. The molecule has 0 aliphatic carbocycles. The minimum Gasteiger partial charge on any atom is -0.508 e. The van der Waals surface area contributed by atoms with Crippen molar-refractivity contribution in [2.45, 2.75) is 18.9 Å². The molecule has 0 spiro atoms. The van der Waals surface area contributed by atoms with Crippen LogP contribution in [0, 0.1) is 0 Å². The number of rotatable bonds is 3. The largest absolute Gasteiger partial charge is 0.508 e. The van der Waals surface area contributed by atoms with Gasteiger partial charge in [0.25, 0.3) is 0 Å². The van der Waals surface area contributed by atoms with Gasteiger partial charge in [0.1, 0.15) is 5.75 Å². The van der Waals surface area contributed by atoms with Crippen LogP contribution in [0.5, 0.6) is 5.75 Å². The molecule has 0 saturated carbocycles. The van der Waals surface area contributed by atoms with Crippen LogP contribution < -0.4 is 0 Å². The van der Waals surface area contributed by atoms with Gasteiger partial charge in [-0.2, -0.15) is 0 Å². The first-order valence-corrected chi connectivity index (χ1v) is 8.64. The molecule has 112 valence electrons. The van der Waals surface area contributed by atoms with Crippen molar-refractivity contribution in [3.8, 4) is 5.75 Å². The van der Waals surface area contributed by atoms with E-state index in [1.54, 1.807) is 6.07 Å². The number of hydrogen-bond acceptors (Lipinski definition) is 3. The molecule has 1 aromatic heterocycles. The molecule has 22 heavy (non-hydrogen) atoms. The van der Waals surface area contributed by atoms with E-state index in [9.17, 15) is 5.11 Å². The number of aromatic hydroxyl groups is 1. The maximum absolute atomic E-state index is 9.65. The van der Waals surface area contributed by atoms with Crippen LogP contribution in [0.1, 0.15) is 23.5 Å². The summed E-state index contributed by atoms with van der Waals surface area (Å²) in [5.41, 5.74) is 2.70. The lowest BCUT2D eigenvalue weighted by atomic mass is 9.98. The first kappa shape index (κ1) is 13.8. The van der Waals surface area contributed by atoms with Crippen LogP contribution in [0.2, 0.25) is 0 Å². The van der Waals surface area contributed by atoms with E-state index < -0.39 is 0 Å². The van der Waals surface area contributed by atoms with Crippen LogP contribution in [0.3, 0.4) is 0 Å². The van der Waals surface area contributed by atoms with E-state index in [2.05, 4.69) is 40.6 Å². The zero-order valence-corrected chi connectivity index (χ0v) is 13.2. The Kier molecular flexibility index (Phi) is 3.60. The average Bonchev–Trinajstić information content (AvgIpc) is 3.16. The van der Waals surface area contributed by atoms with E-state index in [0.717, 1.165) is 19.6 Å². The van der Waals surface area contributed by atoms with E-state index in [-0.39, 0.29) is 0 Å². The molecule has 2 heterocycles. The maximum atomic E-state index is 9.65. The van der Waals surface area contributed by atoms with Gasteiger partial charge in [0.15, 0.2) is 0 Å². The zero-order valence-electron chi connectivity index (χ0n) is 12.4. The maximum Gasteiger partial charge on any atom is 0.115 e. The van der Waals surface area contributed by atoms with Crippen molar-refractivity contribution in [3.63, 3.8) is 0 Å². The summed E-state index contributed by atoms with van der Waals surface area (Å²) in [6.45, 7) is 3.23. The van der Waals surface area contributed by atoms with Gasteiger partial charge in [0.05, 0.1) is 0 Å². The van der Waals surface area contributed by atoms with Gasteiger partial charge in [0, 0.05) is 17.8 Å². The van der Waals surface area contributed by atoms with Crippen molar-refractivity contribution in [1.29, 1.82) is 0 Å². The highest BCUT2D eigenvalue weighted by molar-refractivity contribution is 7.17. The standard InChI is InChI=1S/C19H19NOS/c21-17-5-3-4-14(10-17)15-8-9-20(11-15)12-16-13-22-19-7-2-1-6-18(16)19/h1-7,10,13,15,21H,8-9,11-12H2. The smallest absolute Gasteiger partial charge is 0.115 e. The van der Waals surface area contributed by atoms with E-state index in [1.165, 1.54) is 27.6 Å². The lowest BCUT2D eigenvalue weighted by Gasteiger charge is -2.16. The summed E-state index contributed by atoms with van der Waals surface area (Å²) < 4.78 is 1.38. The number of hydrogen-bond donors (Lipinski definition) is 1. The van der Waals surface area contributed by atoms with Crippen molar-refractivity contribution < 1.29 is 5.11 Å². The molecule has 2 nitrogen and oxygen atoms in total. The van der Waals surface area contributed by atoms with Crippen molar-refractivity contribution in [2.75, 3.05) is 13.1 Å². The fraction of sp³-hybridized carbons (Fsp3) is 0.263. The van der Waals surface area contributed by atoms with E-state index >= 15 is 0 Å². The van der Waals surface area contributed by atoms with Gasteiger partial charge in [-0.25, -0.2) is 0 Å². The average molecular weight is 309 g/mol. The lowest BCUT2D eigenvalue weighted by Crippen LogP contribution is -2.19. The third-order valence-corrected chi connectivity index (χ3v) is 5.58. The first-order chi connectivity index (χ1) is 10.8. The van der Waals surface area contributed by atoms with Gasteiger partial charge in [-0.1, -0.05) is 30.3 Å². The number of fused-ring (bicyclic) bond motifs is 1. The molecule has 1 saturated heterocycles. The number of thiophene rings is 1. The summed E-state index contributed by atoms with van der Waals surface area (Å²) in [7, 11) is 0. The summed E-state index contributed by atoms with van der Waals surface area (Å²) in [6.07, 6.45) is 1.17. The number of benzene rings is 2. The Morgan fingerprint density at radius 2 is 2.05 bits per heavy atom. The molecule has 1 N–H and O–H groups in total. The summed E-state index contributed by atoms with van der Waals surface area (Å²) in [6, 6.07) is 16.4. The fourth-order valence-electron chi connectivity index (χ4n) is 3.42. The minimum absolute atomic E-state index is 0.375. The topological polar surface area (TPSA) is 23.5 Å². The fourth-order valence-corrected chi connectivity index (χ4v) is 4.38. The van der Waals surface area contributed by atoms with E-state index in [4.69, 9.17) is 0 Å². The highest BCUT2D eigenvalue weighted by atomic mass is 32.1. The van der Waals surface area contributed by atoms with Crippen LogP contribution in [0.25, 0.3) is 10.1 Å². The lowest BCUT2D eigenvalue weighted by molar-refractivity contribution is 0.328. The van der Waals surface area contributed by atoms with Crippen LogP contribution in [0.4, 0.5) is 0 Å². The summed E-state index contributed by atoms with van der Waals surface area (Å²) in [5.74, 6) is 0.914. The molecule has 3 aromatic rings. The third-order valence-electron chi connectivity index (χ3n) is 4.57. The predicted molar refractivity (Wildman–Crippen MR) is 92.6 cm³/mol. The Morgan fingerprint density at radius 1 is 1.14 bits per heavy atom. The van der Waals surface area contributed by atoms with Gasteiger partial charge in [-0.3, -0.25) is 4.90 Å². The van der Waals surface area contributed by atoms with E-state index in [0.29, 0.717) is 11.7 Å². The summed E-state index contributed by atoms with van der Waals surface area (Å²) >= 11 is 1.84. The normalized spacial score (nSPS) is 19.0. The van der Waals surface area contributed by atoms with Crippen LogP contribution in [0.15, 0.2) is 53.9 Å². The summed E-state index contributed by atoms with van der Waals surface area (Å²) in [4.78, 5) is 2.53. The molecule has 2 aromatic carbocycles. The summed E-state index contributed by atoms with van der Waals surface area (Å²) in [5, 5.41) is 13.3. The first-order valence-electron chi connectivity index (χ1n) is 7.76. The predicted octanol–water partition coefficient (Wildman–Crippen LogP) is 4.60. The second-order valence-corrected chi connectivity index (χ2v) is 6.98. The highest BCUT2D eigenvalue weighted by Crippen LogP contribution is 2.32. The SMILES string of the molecule is Oc1cccc(C2CCN(Cc3csc4ccccc34)C2)c1. The molecule has 4 rings (SSSR count). The molecule has 0 bridgehead atoms. The molecule has 0 amide bonds. The second-order valence-electron chi connectivity index (χ2n) is 6.07. The Hall–Kier alpha value is -1.84. The molecule has 1 unspecified atom stereocenters.